The molecular weight excluding hydrogens is 448 g/mol. The normalized spacial score (nSPS) is 10.8. The second-order valence-electron chi connectivity index (χ2n) is 7.00. The Kier molecular flexibility index (Phi) is 6.73. The highest BCUT2D eigenvalue weighted by atomic mass is 32.2. The molecule has 3 N–H and O–H groups in total. The van der Waals surface area contributed by atoms with Gasteiger partial charge >= 0.3 is 0 Å². The molecule has 0 bridgehead atoms. The first-order valence-corrected chi connectivity index (χ1v) is 11.1. The van der Waals surface area contributed by atoms with Crippen LogP contribution in [-0.4, -0.2) is 32.2 Å². The lowest BCUT2D eigenvalue weighted by molar-refractivity contribution is -0.385. The van der Waals surface area contributed by atoms with Gasteiger partial charge in [-0.1, -0.05) is 6.07 Å². The van der Waals surface area contributed by atoms with Crippen molar-refractivity contribution in [3.63, 3.8) is 0 Å². The number of anilines is 2. The van der Waals surface area contributed by atoms with Crippen LogP contribution in [0.3, 0.4) is 0 Å². The number of benzene rings is 3. The van der Waals surface area contributed by atoms with Crippen molar-refractivity contribution >= 4 is 38.9 Å². The minimum atomic E-state index is -4.07. The molecule has 10 nitrogen and oxygen atoms in total. The third-order valence-electron chi connectivity index (χ3n) is 4.72. The maximum absolute atomic E-state index is 12.6. The van der Waals surface area contributed by atoms with Gasteiger partial charge in [0.1, 0.15) is 0 Å². The van der Waals surface area contributed by atoms with Crippen LogP contribution in [0.5, 0.6) is 0 Å². The van der Waals surface area contributed by atoms with E-state index in [0.29, 0.717) is 16.8 Å². The molecule has 0 unspecified atom stereocenters. The molecule has 0 aromatic heterocycles. The molecule has 0 heterocycles. The van der Waals surface area contributed by atoms with Crippen molar-refractivity contribution in [2.24, 2.45) is 0 Å². The molecule has 0 radical (unpaired) electrons. The zero-order chi connectivity index (χ0) is 24.2. The van der Waals surface area contributed by atoms with E-state index in [1.807, 2.05) is 0 Å². The van der Waals surface area contributed by atoms with Gasteiger partial charge in [0.2, 0.25) is 0 Å². The molecule has 0 fully saturated rings. The van der Waals surface area contributed by atoms with Crippen LogP contribution in [0.15, 0.2) is 71.6 Å². The van der Waals surface area contributed by atoms with Crippen LogP contribution in [0, 0.1) is 17.0 Å². The Hall–Kier alpha value is -4.25. The van der Waals surface area contributed by atoms with Crippen molar-refractivity contribution in [3.8, 4) is 0 Å². The Bertz CT molecular complexity index is 1320. The predicted molar refractivity (Wildman–Crippen MR) is 123 cm³/mol. The van der Waals surface area contributed by atoms with E-state index in [1.165, 1.54) is 50.4 Å². The minimum absolute atomic E-state index is 0.185. The van der Waals surface area contributed by atoms with Gasteiger partial charge in [-0.25, -0.2) is 8.42 Å². The van der Waals surface area contributed by atoms with Crippen molar-refractivity contribution in [1.29, 1.82) is 0 Å². The number of carbonyl (C=O) groups excluding carboxylic acids is 2. The zero-order valence-electron chi connectivity index (χ0n) is 17.7. The molecule has 3 aromatic carbocycles. The number of carbonyl (C=O) groups is 2. The van der Waals surface area contributed by atoms with Gasteiger partial charge in [0, 0.05) is 41.2 Å². The lowest BCUT2D eigenvalue weighted by Gasteiger charge is -2.10. The van der Waals surface area contributed by atoms with Gasteiger partial charge in [0.25, 0.3) is 27.5 Å². The Morgan fingerprint density at radius 1 is 0.848 bits per heavy atom. The number of nitro benzene ring substituents is 1. The number of nitrogens with one attached hydrogen (secondary N) is 3. The quantitative estimate of drug-likeness (QED) is 0.358. The van der Waals surface area contributed by atoms with E-state index in [0.717, 1.165) is 6.07 Å². The number of hydrogen-bond donors (Lipinski definition) is 3. The van der Waals surface area contributed by atoms with Gasteiger partial charge in [-0.2, -0.15) is 0 Å². The predicted octanol–water partition coefficient (Wildman–Crippen LogP) is 3.32. The Labute approximate surface area is 189 Å². The van der Waals surface area contributed by atoms with Crippen molar-refractivity contribution in [2.75, 3.05) is 17.1 Å². The monoisotopic (exact) mass is 468 g/mol. The van der Waals surface area contributed by atoms with Crippen LogP contribution < -0.4 is 15.4 Å². The second kappa shape index (κ2) is 9.49. The van der Waals surface area contributed by atoms with Gasteiger partial charge in [-0.05, 0) is 61.5 Å². The Balaban J connectivity index is 1.71. The number of sulfonamides is 1. The molecule has 0 saturated heterocycles. The highest BCUT2D eigenvalue weighted by molar-refractivity contribution is 7.92. The Morgan fingerprint density at radius 3 is 1.94 bits per heavy atom. The molecule has 170 valence electrons. The lowest BCUT2D eigenvalue weighted by atomic mass is 10.1. The molecule has 0 atom stereocenters. The van der Waals surface area contributed by atoms with Gasteiger partial charge in [-0.3, -0.25) is 24.4 Å². The smallest absolute Gasteiger partial charge is 0.273 e. The van der Waals surface area contributed by atoms with E-state index < -0.39 is 20.9 Å². The fourth-order valence-electron chi connectivity index (χ4n) is 2.91. The summed E-state index contributed by atoms with van der Waals surface area (Å²) in [6, 6.07) is 15.6. The summed E-state index contributed by atoms with van der Waals surface area (Å²) in [5, 5.41) is 16.3. The number of nitro groups is 1. The van der Waals surface area contributed by atoms with Crippen LogP contribution in [0.25, 0.3) is 0 Å². The molecule has 11 heteroatoms. The summed E-state index contributed by atoms with van der Waals surface area (Å²) in [6.45, 7) is 1.52. The molecule has 0 aliphatic rings. The van der Waals surface area contributed by atoms with Crippen LogP contribution in [0.2, 0.25) is 0 Å². The van der Waals surface area contributed by atoms with Crippen LogP contribution in [0.4, 0.5) is 17.1 Å². The summed E-state index contributed by atoms with van der Waals surface area (Å²) < 4.78 is 27.5. The third-order valence-corrected chi connectivity index (χ3v) is 6.10. The van der Waals surface area contributed by atoms with Gasteiger partial charge in [-0.15, -0.1) is 0 Å². The molecule has 33 heavy (non-hydrogen) atoms. The fourth-order valence-corrected chi connectivity index (χ4v) is 3.99. The first-order valence-electron chi connectivity index (χ1n) is 9.62. The minimum Gasteiger partial charge on any atom is -0.355 e. The molecule has 0 spiro atoms. The van der Waals surface area contributed by atoms with E-state index in [2.05, 4.69) is 15.4 Å². The number of nitrogens with zero attached hydrogens (tertiary/aromatic N) is 1. The fraction of sp³-hybridized carbons (Fsp3) is 0.0909. The maximum Gasteiger partial charge on any atom is 0.273 e. The van der Waals surface area contributed by atoms with E-state index in [4.69, 9.17) is 0 Å². The highest BCUT2D eigenvalue weighted by Gasteiger charge is 2.20. The van der Waals surface area contributed by atoms with Crippen molar-refractivity contribution in [1.82, 2.24) is 5.32 Å². The van der Waals surface area contributed by atoms with E-state index in [1.54, 1.807) is 24.3 Å². The third kappa shape index (κ3) is 5.52. The van der Waals surface area contributed by atoms with Gasteiger partial charge < -0.3 is 10.6 Å². The molecule has 3 aromatic rings. The molecule has 2 amide bonds. The summed E-state index contributed by atoms with van der Waals surface area (Å²) >= 11 is 0. The van der Waals surface area contributed by atoms with E-state index in [-0.39, 0.29) is 27.7 Å². The van der Waals surface area contributed by atoms with Crippen LogP contribution in [0.1, 0.15) is 26.3 Å². The summed E-state index contributed by atoms with van der Waals surface area (Å²) in [4.78, 5) is 34.2. The van der Waals surface area contributed by atoms with Crippen LogP contribution in [-0.2, 0) is 10.0 Å². The number of hydrogen-bond acceptors (Lipinski definition) is 6. The number of amides is 2. The molecule has 3 rings (SSSR count). The summed E-state index contributed by atoms with van der Waals surface area (Å²) in [5.41, 5.74) is 1.44. The summed E-state index contributed by atoms with van der Waals surface area (Å²) in [6.07, 6.45) is 0. The molecular formula is C22H20N4O6S. The number of rotatable bonds is 7. The SMILES string of the molecule is CNC(=O)c1ccc(NC(=O)c2ccc(NS(=O)(=O)c3ccc(C)c([N+](=O)[O-])c3)cc2)cc1. The standard InChI is InChI=1S/C22H20N4O6S/c1-14-3-12-19(13-20(14)26(29)30)33(31,32)25-18-10-6-16(7-11-18)22(28)24-17-8-4-15(5-9-17)21(27)23-2/h3-13,25H,1-2H3,(H,23,27)(H,24,28). The van der Waals surface area contributed by atoms with Crippen molar-refractivity contribution in [2.45, 2.75) is 11.8 Å². The largest absolute Gasteiger partial charge is 0.355 e. The summed E-state index contributed by atoms with van der Waals surface area (Å²) in [5.74, 6) is -0.669. The Morgan fingerprint density at radius 2 is 1.39 bits per heavy atom. The first kappa shape index (κ1) is 23.4. The van der Waals surface area contributed by atoms with Crippen LogP contribution >= 0.6 is 0 Å². The molecule has 0 aliphatic heterocycles. The first-order chi connectivity index (χ1) is 15.6. The van der Waals surface area contributed by atoms with E-state index in [9.17, 15) is 28.1 Å². The molecule has 0 aliphatic carbocycles. The zero-order valence-corrected chi connectivity index (χ0v) is 18.5. The summed E-state index contributed by atoms with van der Waals surface area (Å²) in [7, 11) is -2.55. The molecule has 0 saturated carbocycles. The van der Waals surface area contributed by atoms with E-state index >= 15 is 0 Å². The van der Waals surface area contributed by atoms with Gasteiger partial charge in [0.15, 0.2) is 0 Å². The van der Waals surface area contributed by atoms with Crippen molar-refractivity contribution < 1.29 is 22.9 Å². The average molecular weight is 468 g/mol. The second-order valence-corrected chi connectivity index (χ2v) is 8.68. The highest BCUT2D eigenvalue weighted by Crippen LogP contribution is 2.24. The number of aryl methyl sites for hydroxylation is 1. The topological polar surface area (TPSA) is 148 Å². The average Bonchev–Trinajstić information content (AvgIpc) is 2.79. The maximum atomic E-state index is 12.6. The lowest BCUT2D eigenvalue weighted by Crippen LogP contribution is -2.18. The van der Waals surface area contributed by atoms with Gasteiger partial charge in [0.05, 0.1) is 9.82 Å². The van der Waals surface area contributed by atoms with Crippen molar-refractivity contribution in [3.05, 3.63) is 93.5 Å².